The molecule has 0 radical (unpaired) electrons. The molecule has 36 heavy (non-hydrogen) atoms. The summed E-state index contributed by atoms with van der Waals surface area (Å²) in [6, 6.07) is 10.5. The summed E-state index contributed by atoms with van der Waals surface area (Å²) in [6.45, 7) is 3.30. The number of nitrogens with zero attached hydrogens (tertiary/aromatic N) is 4. The number of amides is 2. The minimum absolute atomic E-state index is 0.0904. The Morgan fingerprint density at radius 2 is 1.81 bits per heavy atom. The van der Waals surface area contributed by atoms with Crippen molar-refractivity contribution in [2.45, 2.75) is 32.2 Å². The quantitative estimate of drug-likeness (QED) is 0.528. The van der Waals surface area contributed by atoms with E-state index in [1.807, 2.05) is 35.2 Å². The number of halogens is 2. The SMILES string of the molecule is CC1CC1C(=O)N1CCC(n2ncc(Cl)c2C(=O)Nc2ncc(C#Cc3ccccc3)cc2F)CC1. The van der Waals surface area contributed by atoms with E-state index in [0.717, 1.165) is 12.0 Å². The molecule has 9 heteroatoms. The van der Waals surface area contributed by atoms with Crippen LogP contribution in [0.25, 0.3) is 0 Å². The summed E-state index contributed by atoms with van der Waals surface area (Å²) in [5.74, 6) is 5.14. The number of benzene rings is 1. The summed E-state index contributed by atoms with van der Waals surface area (Å²) in [5, 5.41) is 6.99. The highest BCUT2D eigenvalue weighted by Gasteiger charge is 2.42. The molecule has 1 N–H and O–H groups in total. The van der Waals surface area contributed by atoms with E-state index in [1.54, 1.807) is 4.68 Å². The molecule has 1 saturated heterocycles. The first-order valence-corrected chi connectivity index (χ1v) is 12.3. The molecule has 7 nitrogen and oxygen atoms in total. The van der Waals surface area contributed by atoms with Gasteiger partial charge in [-0.15, -0.1) is 0 Å². The van der Waals surface area contributed by atoms with Gasteiger partial charge in [-0.3, -0.25) is 14.3 Å². The number of nitrogens with one attached hydrogen (secondary N) is 1. The van der Waals surface area contributed by atoms with E-state index >= 15 is 0 Å². The zero-order valence-corrected chi connectivity index (χ0v) is 20.5. The van der Waals surface area contributed by atoms with Gasteiger partial charge in [-0.05, 0) is 43.4 Å². The van der Waals surface area contributed by atoms with Crippen molar-refractivity contribution in [1.29, 1.82) is 0 Å². The van der Waals surface area contributed by atoms with Gasteiger partial charge in [0.25, 0.3) is 5.91 Å². The van der Waals surface area contributed by atoms with Gasteiger partial charge < -0.3 is 10.2 Å². The summed E-state index contributed by atoms with van der Waals surface area (Å²) in [5.41, 5.74) is 1.33. The zero-order valence-electron chi connectivity index (χ0n) is 19.7. The number of piperidine rings is 1. The Labute approximate surface area is 213 Å². The molecule has 2 amide bonds. The standard InChI is InChI=1S/C27H25ClFN5O2/c1-17-13-21(17)27(36)33-11-9-20(10-12-33)34-24(22(28)16-31-34)26(35)32-25-23(29)14-19(15-30-25)8-7-18-5-3-2-4-6-18/h2-6,14-17,20-21H,9-13H2,1H3,(H,30,32,35). The third-order valence-electron chi connectivity index (χ3n) is 6.71. The van der Waals surface area contributed by atoms with Crippen LogP contribution in [0, 0.1) is 29.5 Å². The van der Waals surface area contributed by atoms with E-state index in [-0.39, 0.29) is 34.4 Å². The molecule has 2 aromatic heterocycles. The molecule has 184 valence electrons. The number of rotatable bonds is 4. The smallest absolute Gasteiger partial charge is 0.276 e. The molecular weight excluding hydrogens is 481 g/mol. The Morgan fingerprint density at radius 1 is 1.11 bits per heavy atom. The third-order valence-corrected chi connectivity index (χ3v) is 6.99. The highest BCUT2D eigenvalue weighted by Crippen LogP contribution is 2.40. The van der Waals surface area contributed by atoms with Crippen LogP contribution in [0.4, 0.5) is 10.2 Å². The first kappa shape index (κ1) is 24.0. The Morgan fingerprint density at radius 3 is 2.47 bits per heavy atom. The van der Waals surface area contributed by atoms with Gasteiger partial charge in [-0.1, -0.05) is 48.6 Å². The summed E-state index contributed by atoms with van der Waals surface area (Å²) >= 11 is 6.29. The Bertz CT molecular complexity index is 1360. The van der Waals surface area contributed by atoms with Gasteiger partial charge in [0.1, 0.15) is 5.69 Å². The van der Waals surface area contributed by atoms with Crippen molar-refractivity contribution in [2.75, 3.05) is 18.4 Å². The molecule has 0 spiro atoms. The normalized spacial score (nSPS) is 19.4. The maximum absolute atomic E-state index is 14.7. The molecule has 1 aromatic carbocycles. The molecule has 2 atom stereocenters. The number of likely N-dealkylation sites (tertiary alicyclic amines) is 1. The van der Waals surface area contributed by atoms with E-state index in [1.165, 1.54) is 18.5 Å². The van der Waals surface area contributed by atoms with Gasteiger partial charge in [0.2, 0.25) is 5.91 Å². The second-order valence-electron chi connectivity index (χ2n) is 9.29. The van der Waals surface area contributed by atoms with E-state index < -0.39 is 11.7 Å². The number of carbonyl (C=O) groups excluding carboxylic acids is 2. The Kier molecular flexibility index (Phi) is 6.75. The predicted octanol–water partition coefficient (Wildman–Crippen LogP) is 4.54. The number of carbonyl (C=O) groups is 2. The van der Waals surface area contributed by atoms with Crippen molar-refractivity contribution in [3.8, 4) is 11.8 Å². The van der Waals surface area contributed by atoms with Gasteiger partial charge in [-0.2, -0.15) is 5.10 Å². The highest BCUT2D eigenvalue weighted by atomic mass is 35.5. The second kappa shape index (κ2) is 10.1. The fourth-order valence-electron chi connectivity index (χ4n) is 4.49. The third kappa shape index (κ3) is 5.12. The molecule has 2 unspecified atom stereocenters. The van der Waals surface area contributed by atoms with Gasteiger partial charge in [-0.25, -0.2) is 9.37 Å². The molecule has 0 bridgehead atoms. The number of aromatic nitrogens is 3. The van der Waals surface area contributed by atoms with Crippen LogP contribution >= 0.6 is 11.6 Å². The van der Waals surface area contributed by atoms with Crippen LogP contribution < -0.4 is 5.32 Å². The van der Waals surface area contributed by atoms with Crippen LogP contribution in [-0.4, -0.2) is 44.6 Å². The summed E-state index contributed by atoms with van der Waals surface area (Å²) < 4.78 is 16.3. The van der Waals surface area contributed by atoms with E-state index in [0.29, 0.717) is 37.4 Å². The van der Waals surface area contributed by atoms with Gasteiger partial charge >= 0.3 is 0 Å². The van der Waals surface area contributed by atoms with Gasteiger partial charge in [0.15, 0.2) is 11.6 Å². The number of anilines is 1. The lowest BCUT2D eigenvalue weighted by Gasteiger charge is -2.33. The number of hydrogen-bond donors (Lipinski definition) is 1. The molecule has 1 aliphatic carbocycles. The van der Waals surface area contributed by atoms with Crippen molar-refractivity contribution >= 4 is 29.2 Å². The average molecular weight is 506 g/mol. The van der Waals surface area contributed by atoms with Crippen molar-refractivity contribution in [2.24, 2.45) is 11.8 Å². The number of hydrogen-bond acceptors (Lipinski definition) is 4. The Balaban J connectivity index is 1.26. The fraction of sp³-hybridized carbons (Fsp3) is 0.333. The van der Waals surface area contributed by atoms with Crippen molar-refractivity contribution in [1.82, 2.24) is 19.7 Å². The van der Waals surface area contributed by atoms with Gasteiger partial charge in [0.05, 0.1) is 17.3 Å². The second-order valence-corrected chi connectivity index (χ2v) is 9.69. The lowest BCUT2D eigenvalue weighted by molar-refractivity contribution is -0.134. The van der Waals surface area contributed by atoms with Crippen LogP contribution in [-0.2, 0) is 4.79 Å². The topological polar surface area (TPSA) is 80.1 Å². The first-order valence-electron chi connectivity index (χ1n) is 12.0. The first-order chi connectivity index (χ1) is 17.4. The maximum Gasteiger partial charge on any atom is 0.276 e. The van der Waals surface area contributed by atoms with Crippen LogP contribution in [0.5, 0.6) is 0 Å². The van der Waals surface area contributed by atoms with Crippen molar-refractivity contribution in [3.63, 3.8) is 0 Å². The highest BCUT2D eigenvalue weighted by molar-refractivity contribution is 6.34. The van der Waals surface area contributed by atoms with E-state index in [2.05, 4.69) is 34.2 Å². The molecule has 3 heterocycles. The van der Waals surface area contributed by atoms with Crippen LogP contribution in [0.1, 0.15) is 53.8 Å². The fourth-order valence-corrected chi connectivity index (χ4v) is 4.71. The predicted molar refractivity (Wildman–Crippen MR) is 134 cm³/mol. The van der Waals surface area contributed by atoms with E-state index in [4.69, 9.17) is 11.6 Å². The summed E-state index contributed by atoms with van der Waals surface area (Å²) in [6.07, 6.45) is 5.09. The van der Waals surface area contributed by atoms with Crippen molar-refractivity contribution < 1.29 is 14.0 Å². The summed E-state index contributed by atoms with van der Waals surface area (Å²) in [4.78, 5) is 31.5. The summed E-state index contributed by atoms with van der Waals surface area (Å²) in [7, 11) is 0. The van der Waals surface area contributed by atoms with Crippen LogP contribution in [0.3, 0.4) is 0 Å². The molecule has 2 aliphatic rings. The monoisotopic (exact) mass is 505 g/mol. The maximum atomic E-state index is 14.7. The van der Waals surface area contributed by atoms with Crippen LogP contribution in [0.2, 0.25) is 5.02 Å². The Hall–Kier alpha value is -3.70. The lowest BCUT2D eigenvalue weighted by atomic mass is 10.0. The minimum atomic E-state index is -0.702. The molecule has 3 aromatic rings. The molecule has 2 fully saturated rings. The average Bonchev–Trinajstić information content (AvgIpc) is 3.50. The minimum Gasteiger partial charge on any atom is -0.342 e. The van der Waals surface area contributed by atoms with Crippen LogP contribution in [0.15, 0.2) is 48.8 Å². The lowest BCUT2D eigenvalue weighted by Crippen LogP contribution is -2.40. The largest absolute Gasteiger partial charge is 0.342 e. The molecular formula is C27H25ClFN5O2. The zero-order chi connectivity index (χ0) is 25.2. The van der Waals surface area contributed by atoms with Crippen molar-refractivity contribution in [3.05, 3.63) is 76.5 Å². The molecule has 1 saturated carbocycles. The van der Waals surface area contributed by atoms with Gasteiger partial charge in [0, 0.05) is 36.3 Å². The molecule has 5 rings (SSSR count). The van der Waals surface area contributed by atoms with E-state index in [9.17, 15) is 14.0 Å². The number of pyridine rings is 1. The molecule has 1 aliphatic heterocycles.